The highest BCUT2D eigenvalue weighted by Gasteiger charge is 2.22. The van der Waals surface area contributed by atoms with Gasteiger partial charge in [-0.2, -0.15) is 5.10 Å². The van der Waals surface area contributed by atoms with E-state index >= 15 is 0 Å². The first-order chi connectivity index (χ1) is 13.8. The lowest BCUT2D eigenvalue weighted by atomic mass is 10.1. The summed E-state index contributed by atoms with van der Waals surface area (Å²) in [7, 11) is 0. The molecule has 0 saturated carbocycles. The van der Waals surface area contributed by atoms with Gasteiger partial charge in [0.1, 0.15) is 5.75 Å². The second-order valence-corrected chi connectivity index (χ2v) is 6.94. The Bertz CT molecular complexity index is 909. The first-order valence-electron chi connectivity index (χ1n) is 9.58. The van der Waals surface area contributed by atoms with E-state index in [-0.39, 0.29) is 12.3 Å². The summed E-state index contributed by atoms with van der Waals surface area (Å²) in [6, 6.07) is 20.0. The topological polar surface area (TPSA) is 70.2 Å². The molecule has 1 aliphatic heterocycles. The fraction of sp³-hybridized carbons (Fsp3) is 0.273. The van der Waals surface area contributed by atoms with Crippen LogP contribution in [-0.4, -0.2) is 34.2 Å². The molecule has 1 amide bonds. The van der Waals surface area contributed by atoms with Crippen molar-refractivity contribution in [3.05, 3.63) is 77.5 Å². The summed E-state index contributed by atoms with van der Waals surface area (Å²) >= 11 is 0. The van der Waals surface area contributed by atoms with Crippen molar-refractivity contribution in [1.29, 1.82) is 0 Å². The maximum Gasteiger partial charge on any atom is 0.229 e. The molecule has 0 radical (unpaired) electrons. The van der Waals surface area contributed by atoms with Gasteiger partial charge in [0.15, 0.2) is 5.82 Å². The molecule has 2 N–H and O–H groups in total. The van der Waals surface area contributed by atoms with Gasteiger partial charge in [-0.15, -0.1) is 0 Å². The van der Waals surface area contributed by atoms with Crippen LogP contribution in [0.2, 0.25) is 0 Å². The Morgan fingerprint density at radius 3 is 2.64 bits per heavy atom. The van der Waals surface area contributed by atoms with Crippen LogP contribution in [0.4, 0.5) is 5.82 Å². The number of benzene rings is 2. The Morgan fingerprint density at radius 1 is 1.11 bits per heavy atom. The number of aromatic nitrogens is 2. The molecule has 144 valence electrons. The van der Waals surface area contributed by atoms with Gasteiger partial charge in [-0.25, -0.2) is 0 Å². The van der Waals surface area contributed by atoms with Gasteiger partial charge in [0.05, 0.1) is 18.7 Å². The molecule has 6 nitrogen and oxygen atoms in total. The molecule has 4 rings (SSSR count). The summed E-state index contributed by atoms with van der Waals surface area (Å²) < 4.78 is 5.58. The number of carbonyl (C=O) groups excluding carboxylic acids is 1. The van der Waals surface area contributed by atoms with Crippen molar-refractivity contribution >= 4 is 11.7 Å². The van der Waals surface area contributed by atoms with Crippen LogP contribution in [0.3, 0.4) is 0 Å². The molecular weight excluding hydrogens is 352 g/mol. The van der Waals surface area contributed by atoms with Crippen LogP contribution in [0, 0.1) is 0 Å². The minimum absolute atomic E-state index is 0.0862. The van der Waals surface area contributed by atoms with E-state index in [1.165, 1.54) is 5.56 Å². The standard InChI is InChI=1S/C22H24N4O2/c27-21(12-14-28-18-9-5-2-6-10-18)23-22-19-11-13-26(16-20(19)24-25-22)15-17-7-3-1-4-8-17/h1-10H,11-16H2,(H2,23,24,25,27). The average Bonchev–Trinajstić information content (AvgIpc) is 3.11. The Hall–Kier alpha value is -3.12. The van der Waals surface area contributed by atoms with Gasteiger partial charge < -0.3 is 10.1 Å². The van der Waals surface area contributed by atoms with Crippen LogP contribution >= 0.6 is 0 Å². The molecule has 0 saturated heterocycles. The SMILES string of the molecule is O=C(CCOc1ccccc1)Nc1n[nH]c2c1CCN(Cc1ccccc1)C2. The highest BCUT2D eigenvalue weighted by Crippen LogP contribution is 2.24. The number of hydrogen-bond donors (Lipinski definition) is 2. The summed E-state index contributed by atoms with van der Waals surface area (Å²) in [5.41, 5.74) is 3.50. The maximum atomic E-state index is 12.2. The molecule has 2 aromatic carbocycles. The number of para-hydroxylation sites is 1. The van der Waals surface area contributed by atoms with Crippen molar-refractivity contribution in [2.24, 2.45) is 0 Å². The van der Waals surface area contributed by atoms with Crippen LogP contribution in [-0.2, 0) is 24.3 Å². The summed E-state index contributed by atoms with van der Waals surface area (Å²) in [6.07, 6.45) is 1.16. The Morgan fingerprint density at radius 2 is 1.86 bits per heavy atom. The smallest absolute Gasteiger partial charge is 0.229 e. The van der Waals surface area contributed by atoms with Gasteiger partial charge in [0.2, 0.25) is 5.91 Å². The largest absolute Gasteiger partial charge is 0.493 e. The second kappa shape index (κ2) is 8.71. The minimum atomic E-state index is -0.0862. The number of H-pyrrole nitrogens is 1. The van der Waals surface area contributed by atoms with Crippen LogP contribution in [0.1, 0.15) is 23.2 Å². The van der Waals surface area contributed by atoms with Crippen LogP contribution in [0.5, 0.6) is 5.75 Å². The van der Waals surface area contributed by atoms with E-state index < -0.39 is 0 Å². The number of nitrogens with one attached hydrogen (secondary N) is 2. The third kappa shape index (κ3) is 4.58. The zero-order chi connectivity index (χ0) is 19.2. The molecular formula is C22H24N4O2. The van der Waals surface area contributed by atoms with Crippen molar-refractivity contribution in [1.82, 2.24) is 15.1 Å². The summed E-state index contributed by atoms with van der Waals surface area (Å²) in [5, 5.41) is 10.3. The third-order valence-electron chi connectivity index (χ3n) is 4.86. The van der Waals surface area contributed by atoms with E-state index in [0.29, 0.717) is 12.4 Å². The number of rotatable bonds is 7. The van der Waals surface area contributed by atoms with Gasteiger partial charge in [-0.3, -0.25) is 14.8 Å². The zero-order valence-electron chi connectivity index (χ0n) is 15.7. The van der Waals surface area contributed by atoms with Gasteiger partial charge >= 0.3 is 0 Å². The molecule has 1 aromatic heterocycles. The molecule has 1 aliphatic rings. The van der Waals surface area contributed by atoms with E-state index in [1.807, 2.05) is 36.4 Å². The molecule has 0 atom stereocenters. The summed E-state index contributed by atoms with van der Waals surface area (Å²) in [5.74, 6) is 1.34. The molecule has 0 fully saturated rings. The maximum absolute atomic E-state index is 12.2. The van der Waals surface area contributed by atoms with Gasteiger partial charge in [0, 0.05) is 25.2 Å². The van der Waals surface area contributed by atoms with Crippen molar-refractivity contribution in [2.75, 3.05) is 18.5 Å². The predicted octanol–water partition coefficient (Wildman–Crippen LogP) is 3.38. The number of aromatic amines is 1. The van der Waals surface area contributed by atoms with E-state index in [4.69, 9.17) is 4.74 Å². The van der Waals surface area contributed by atoms with E-state index in [9.17, 15) is 4.79 Å². The number of hydrogen-bond acceptors (Lipinski definition) is 4. The highest BCUT2D eigenvalue weighted by atomic mass is 16.5. The lowest BCUT2D eigenvalue weighted by Gasteiger charge is -2.26. The Balaban J connectivity index is 1.28. The van der Waals surface area contributed by atoms with Crippen molar-refractivity contribution < 1.29 is 9.53 Å². The summed E-state index contributed by atoms with van der Waals surface area (Å²) in [4.78, 5) is 14.6. The van der Waals surface area contributed by atoms with Crippen LogP contribution < -0.4 is 10.1 Å². The Kier molecular flexibility index (Phi) is 5.68. The van der Waals surface area contributed by atoms with Crippen molar-refractivity contribution in [3.8, 4) is 5.75 Å². The van der Waals surface area contributed by atoms with Crippen LogP contribution in [0.15, 0.2) is 60.7 Å². The van der Waals surface area contributed by atoms with Gasteiger partial charge in [-0.05, 0) is 24.1 Å². The van der Waals surface area contributed by atoms with E-state index in [0.717, 1.165) is 43.1 Å². The van der Waals surface area contributed by atoms with E-state index in [1.54, 1.807) is 0 Å². The predicted molar refractivity (Wildman–Crippen MR) is 108 cm³/mol. The minimum Gasteiger partial charge on any atom is -0.493 e. The third-order valence-corrected chi connectivity index (χ3v) is 4.86. The second-order valence-electron chi connectivity index (χ2n) is 6.94. The zero-order valence-corrected chi connectivity index (χ0v) is 15.7. The van der Waals surface area contributed by atoms with Crippen molar-refractivity contribution in [3.63, 3.8) is 0 Å². The number of fused-ring (bicyclic) bond motifs is 1. The number of anilines is 1. The molecule has 3 aromatic rings. The monoisotopic (exact) mass is 376 g/mol. The number of amides is 1. The van der Waals surface area contributed by atoms with Gasteiger partial charge in [-0.1, -0.05) is 48.5 Å². The fourth-order valence-electron chi connectivity index (χ4n) is 3.43. The molecule has 2 heterocycles. The molecule has 0 unspecified atom stereocenters. The number of carbonyl (C=O) groups is 1. The molecule has 28 heavy (non-hydrogen) atoms. The quantitative estimate of drug-likeness (QED) is 0.663. The summed E-state index contributed by atoms with van der Waals surface area (Å²) in [6.45, 7) is 3.01. The first-order valence-corrected chi connectivity index (χ1v) is 9.58. The molecule has 0 spiro atoms. The molecule has 0 aliphatic carbocycles. The van der Waals surface area contributed by atoms with Crippen LogP contribution in [0.25, 0.3) is 0 Å². The lowest BCUT2D eigenvalue weighted by Crippen LogP contribution is -2.30. The normalized spacial score (nSPS) is 13.7. The molecule has 6 heteroatoms. The number of nitrogens with zero attached hydrogens (tertiary/aromatic N) is 2. The lowest BCUT2D eigenvalue weighted by molar-refractivity contribution is -0.116. The van der Waals surface area contributed by atoms with E-state index in [2.05, 4.69) is 44.7 Å². The first kappa shape index (κ1) is 18.3. The van der Waals surface area contributed by atoms with Crippen molar-refractivity contribution in [2.45, 2.75) is 25.9 Å². The highest BCUT2D eigenvalue weighted by molar-refractivity contribution is 5.90. The van der Waals surface area contributed by atoms with Gasteiger partial charge in [0.25, 0.3) is 0 Å². The number of ether oxygens (including phenoxy) is 1. The average molecular weight is 376 g/mol. The fourth-order valence-corrected chi connectivity index (χ4v) is 3.43. The molecule has 0 bridgehead atoms. The Labute approximate surface area is 164 Å².